The second-order valence-corrected chi connectivity index (χ2v) is 10.1. The fourth-order valence-corrected chi connectivity index (χ4v) is 5.98. The van der Waals surface area contributed by atoms with E-state index in [0.29, 0.717) is 36.5 Å². The lowest BCUT2D eigenvalue weighted by molar-refractivity contribution is -0.137. The number of benzene rings is 2. The maximum absolute atomic E-state index is 12.9. The third kappa shape index (κ3) is 8.93. The number of carbonyl (C=O) groups is 1. The molecular weight excluding hydrogens is 392 g/mol. The summed E-state index contributed by atoms with van der Waals surface area (Å²) in [7, 11) is -2.07. The molecule has 0 fully saturated rings. The Kier molecular flexibility index (Phi) is 10.1. The highest BCUT2D eigenvalue weighted by atomic mass is 32.2. The summed E-state index contributed by atoms with van der Waals surface area (Å²) in [5.74, 6) is 0.707. The Morgan fingerprint density at radius 3 is 1.96 bits per heavy atom. The quantitative estimate of drug-likeness (QED) is 0.491. The molecule has 0 spiro atoms. The van der Waals surface area contributed by atoms with E-state index in [1.165, 1.54) is 0 Å². The second kappa shape index (κ2) is 12.6. The molecule has 0 heterocycles. The van der Waals surface area contributed by atoms with Gasteiger partial charge in [0.05, 0.1) is 0 Å². The molecule has 1 N–H and O–H groups in total. The molecule has 0 aromatic heterocycles. The average molecular weight is 421 g/mol. The van der Waals surface area contributed by atoms with E-state index in [2.05, 4.69) is 0 Å². The molecule has 2 aromatic carbocycles. The minimum atomic E-state index is -1.07. The molecule has 152 valence electrons. The fraction of sp³-hybridized carbons (Fsp3) is 0.409. The zero-order valence-electron chi connectivity index (χ0n) is 16.0. The Morgan fingerprint density at radius 1 is 0.821 bits per heavy atom. The minimum absolute atomic E-state index is 0.0614. The Labute approximate surface area is 172 Å². The highest BCUT2D eigenvalue weighted by Crippen LogP contribution is 2.18. The number of rotatable bonds is 13. The van der Waals surface area contributed by atoms with Gasteiger partial charge in [0.15, 0.2) is 0 Å². The Bertz CT molecular complexity index is 763. The van der Waals surface area contributed by atoms with E-state index in [9.17, 15) is 13.2 Å². The van der Waals surface area contributed by atoms with E-state index in [0.717, 1.165) is 17.5 Å². The molecule has 0 bridgehead atoms. The van der Waals surface area contributed by atoms with Crippen LogP contribution >= 0.6 is 0 Å². The zero-order chi connectivity index (χ0) is 20.2. The van der Waals surface area contributed by atoms with Gasteiger partial charge >= 0.3 is 5.97 Å². The number of unbranched alkanes of at least 4 members (excludes halogenated alkanes) is 1. The lowest BCUT2D eigenvalue weighted by atomic mass is 10.1. The molecule has 3 atom stereocenters. The topological polar surface area (TPSA) is 71.4 Å². The van der Waals surface area contributed by atoms with Gasteiger partial charge < -0.3 is 5.11 Å². The van der Waals surface area contributed by atoms with Crippen molar-refractivity contribution in [2.75, 3.05) is 5.75 Å². The summed E-state index contributed by atoms with van der Waals surface area (Å²) >= 11 is 0. The summed E-state index contributed by atoms with van der Waals surface area (Å²) in [6.45, 7) is 0. The summed E-state index contributed by atoms with van der Waals surface area (Å²) in [5.41, 5.74) is 2.08. The number of carboxylic acid groups (broad SMARTS) is 1. The van der Waals surface area contributed by atoms with E-state index in [4.69, 9.17) is 5.11 Å². The van der Waals surface area contributed by atoms with E-state index >= 15 is 0 Å². The first-order valence-electron chi connectivity index (χ1n) is 9.56. The first-order valence-corrected chi connectivity index (χ1v) is 12.4. The summed E-state index contributed by atoms with van der Waals surface area (Å²) < 4.78 is 25.4. The molecule has 2 aromatic rings. The van der Waals surface area contributed by atoms with Gasteiger partial charge in [-0.05, 0) is 30.4 Å². The van der Waals surface area contributed by atoms with E-state index in [-0.39, 0.29) is 11.7 Å². The predicted molar refractivity (Wildman–Crippen MR) is 116 cm³/mol. The third-order valence-electron chi connectivity index (χ3n) is 4.53. The molecule has 0 aliphatic carbocycles. The van der Waals surface area contributed by atoms with Crippen LogP contribution in [0.3, 0.4) is 0 Å². The number of hydrogen-bond acceptors (Lipinski definition) is 3. The summed E-state index contributed by atoms with van der Waals surface area (Å²) in [6, 6.07) is 19.5. The molecule has 6 heteroatoms. The van der Waals surface area contributed by atoms with Gasteiger partial charge in [0.1, 0.15) is 0 Å². The molecular formula is C22H28O4S2. The van der Waals surface area contributed by atoms with Gasteiger partial charge in [-0.1, -0.05) is 67.1 Å². The van der Waals surface area contributed by atoms with Crippen molar-refractivity contribution in [2.45, 2.75) is 48.9 Å². The van der Waals surface area contributed by atoms with Gasteiger partial charge in [-0.2, -0.15) is 0 Å². The van der Waals surface area contributed by atoms with Gasteiger partial charge in [-0.15, -0.1) is 0 Å². The number of carboxylic acids is 1. The summed E-state index contributed by atoms with van der Waals surface area (Å²) in [4.78, 5) is 10.7. The normalized spacial score (nSPS) is 14.3. The first-order chi connectivity index (χ1) is 13.5. The van der Waals surface area contributed by atoms with Crippen LogP contribution in [0.15, 0.2) is 60.7 Å². The van der Waals surface area contributed by atoms with Crippen molar-refractivity contribution in [1.29, 1.82) is 0 Å². The molecule has 28 heavy (non-hydrogen) atoms. The van der Waals surface area contributed by atoms with Gasteiger partial charge in [0.2, 0.25) is 0 Å². The maximum atomic E-state index is 12.9. The highest BCUT2D eigenvalue weighted by molar-refractivity contribution is 7.85. The maximum Gasteiger partial charge on any atom is 0.303 e. The van der Waals surface area contributed by atoms with Gasteiger partial charge in [0, 0.05) is 50.5 Å². The van der Waals surface area contributed by atoms with Gasteiger partial charge in [-0.25, -0.2) is 0 Å². The largest absolute Gasteiger partial charge is 0.481 e. The Morgan fingerprint density at radius 2 is 1.39 bits per heavy atom. The van der Waals surface area contributed by atoms with Crippen molar-refractivity contribution in [3.05, 3.63) is 71.8 Å². The van der Waals surface area contributed by atoms with Crippen LogP contribution in [0.2, 0.25) is 0 Å². The Balaban J connectivity index is 1.89. The standard InChI is InChI=1S/C22H28O4S2/c23-22(24)14-8-7-13-21(28(26)18-20-11-5-2-6-12-20)15-16-27(25)17-19-9-3-1-4-10-19/h1-6,9-12,21H,7-8,13-18H2,(H,23,24). The SMILES string of the molecule is O=C(O)CCCCC(CCS(=O)Cc1ccccc1)S(=O)Cc1ccccc1. The van der Waals surface area contributed by atoms with Crippen LogP contribution in [-0.4, -0.2) is 30.5 Å². The van der Waals surface area contributed by atoms with Crippen LogP contribution in [0.1, 0.15) is 43.2 Å². The second-order valence-electron chi connectivity index (χ2n) is 6.83. The molecule has 0 saturated carbocycles. The zero-order valence-corrected chi connectivity index (χ0v) is 17.6. The summed E-state index contributed by atoms with van der Waals surface area (Å²) in [6.07, 6.45) is 2.78. The van der Waals surface area contributed by atoms with Crippen LogP contribution in [-0.2, 0) is 37.9 Å². The molecule has 4 nitrogen and oxygen atoms in total. The van der Waals surface area contributed by atoms with Crippen LogP contribution < -0.4 is 0 Å². The minimum Gasteiger partial charge on any atom is -0.481 e. The molecule has 0 radical (unpaired) electrons. The highest BCUT2D eigenvalue weighted by Gasteiger charge is 2.18. The smallest absolute Gasteiger partial charge is 0.303 e. The predicted octanol–water partition coefficient (Wildman–Crippen LogP) is 4.29. The number of hydrogen-bond donors (Lipinski definition) is 1. The van der Waals surface area contributed by atoms with Crippen molar-refractivity contribution in [3.8, 4) is 0 Å². The van der Waals surface area contributed by atoms with Crippen LogP contribution in [0.5, 0.6) is 0 Å². The molecule has 0 saturated heterocycles. The summed E-state index contributed by atoms with van der Waals surface area (Å²) in [5, 5.41) is 8.74. The van der Waals surface area contributed by atoms with Crippen molar-refractivity contribution in [3.63, 3.8) is 0 Å². The van der Waals surface area contributed by atoms with Gasteiger partial charge in [-0.3, -0.25) is 13.2 Å². The van der Waals surface area contributed by atoms with Crippen LogP contribution in [0.25, 0.3) is 0 Å². The van der Waals surface area contributed by atoms with Crippen LogP contribution in [0.4, 0.5) is 0 Å². The molecule has 0 aliphatic heterocycles. The van der Waals surface area contributed by atoms with E-state index < -0.39 is 27.6 Å². The lowest BCUT2D eigenvalue weighted by Gasteiger charge is -2.17. The molecule has 2 rings (SSSR count). The van der Waals surface area contributed by atoms with E-state index in [1.54, 1.807) is 0 Å². The first kappa shape index (κ1) is 22.5. The van der Waals surface area contributed by atoms with Crippen molar-refractivity contribution >= 4 is 27.6 Å². The molecule has 0 aliphatic rings. The average Bonchev–Trinajstić information content (AvgIpc) is 2.68. The molecule has 3 unspecified atom stereocenters. The Hall–Kier alpha value is -1.79. The third-order valence-corrected chi connectivity index (χ3v) is 7.71. The van der Waals surface area contributed by atoms with Crippen molar-refractivity contribution in [1.82, 2.24) is 0 Å². The number of aliphatic carboxylic acids is 1. The van der Waals surface area contributed by atoms with Crippen molar-refractivity contribution < 1.29 is 18.3 Å². The van der Waals surface area contributed by atoms with E-state index in [1.807, 2.05) is 60.7 Å². The monoisotopic (exact) mass is 420 g/mol. The van der Waals surface area contributed by atoms with Gasteiger partial charge in [0.25, 0.3) is 0 Å². The molecule has 0 amide bonds. The van der Waals surface area contributed by atoms with Crippen LogP contribution in [0, 0.1) is 0 Å². The lowest BCUT2D eigenvalue weighted by Crippen LogP contribution is -2.20. The van der Waals surface area contributed by atoms with Crippen molar-refractivity contribution in [2.24, 2.45) is 0 Å². The fourth-order valence-electron chi connectivity index (χ4n) is 3.01.